The molecule has 1 aromatic heterocycles. The van der Waals surface area contributed by atoms with E-state index < -0.39 is 5.97 Å². The minimum Gasteiger partial charge on any atom is -0.478 e. The van der Waals surface area contributed by atoms with Crippen LogP contribution in [-0.2, 0) is 4.74 Å². The summed E-state index contributed by atoms with van der Waals surface area (Å²) in [5.74, 6) is -1.47. The molecule has 1 aliphatic rings. The third kappa shape index (κ3) is 2.55. The van der Waals surface area contributed by atoms with Crippen LogP contribution < -0.4 is 5.32 Å². The topological polar surface area (TPSA) is 88.8 Å². The average molecular weight is 295 g/mol. The predicted octanol–water partition coefficient (Wildman–Crippen LogP) is 2.30. The van der Waals surface area contributed by atoms with Crippen LogP contribution in [0.1, 0.15) is 54.0 Å². The van der Waals surface area contributed by atoms with Gasteiger partial charge in [-0.25, -0.2) is 4.79 Å². The van der Waals surface area contributed by atoms with Crippen LogP contribution in [0.15, 0.2) is 16.7 Å². The van der Waals surface area contributed by atoms with Gasteiger partial charge in [0.2, 0.25) is 0 Å². The lowest BCUT2D eigenvalue weighted by molar-refractivity contribution is -0.120. The number of carboxylic acids is 1. The first-order valence-corrected chi connectivity index (χ1v) is 7.14. The minimum absolute atomic E-state index is 0.0170. The quantitative estimate of drug-likeness (QED) is 0.840. The molecular weight excluding hydrogens is 274 g/mol. The van der Waals surface area contributed by atoms with Crippen LogP contribution in [0.3, 0.4) is 0 Å². The molecule has 0 aromatic carbocycles. The second kappa shape index (κ2) is 5.89. The number of furan rings is 1. The van der Waals surface area contributed by atoms with E-state index in [4.69, 9.17) is 14.3 Å². The Bertz CT molecular complexity index is 532. The second-order valence-electron chi connectivity index (χ2n) is 5.43. The number of amides is 1. The van der Waals surface area contributed by atoms with Crippen molar-refractivity contribution in [3.8, 4) is 0 Å². The summed E-state index contributed by atoms with van der Waals surface area (Å²) in [5.41, 5.74) is -0.0899. The molecule has 6 heteroatoms. The Morgan fingerprint density at radius 2 is 2.14 bits per heavy atom. The maximum absolute atomic E-state index is 12.2. The van der Waals surface area contributed by atoms with E-state index in [0.717, 1.165) is 25.5 Å². The second-order valence-corrected chi connectivity index (χ2v) is 5.43. The van der Waals surface area contributed by atoms with E-state index in [0.29, 0.717) is 0 Å². The first-order valence-electron chi connectivity index (χ1n) is 7.14. The molecule has 0 radical (unpaired) electrons. The summed E-state index contributed by atoms with van der Waals surface area (Å²) in [6.45, 7) is 4.17. The predicted molar refractivity (Wildman–Crippen MR) is 75.4 cm³/mol. The molecule has 6 nitrogen and oxygen atoms in total. The Morgan fingerprint density at radius 3 is 2.62 bits per heavy atom. The fraction of sp³-hybridized carbons (Fsp3) is 0.600. The highest BCUT2D eigenvalue weighted by atomic mass is 16.5. The van der Waals surface area contributed by atoms with E-state index in [1.54, 1.807) is 7.11 Å². The zero-order valence-corrected chi connectivity index (χ0v) is 12.5. The van der Waals surface area contributed by atoms with Crippen LogP contribution in [-0.4, -0.2) is 36.2 Å². The molecule has 0 saturated heterocycles. The van der Waals surface area contributed by atoms with Crippen LogP contribution in [0.2, 0.25) is 0 Å². The highest BCUT2D eigenvalue weighted by Gasteiger charge is 2.53. The standard InChI is InChI=1S/C15H21NO5/c1-4-15(5-2)11(7-12(15)20-3)16-13(17)10-6-9(8-21-10)14(18)19/h6,8,11-12H,4-5,7H2,1-3H3,(H,16,17)(H,18,19). The average Bonchev–Trinajstić information content (AvgIpc) is 2.94. The number of carboxylic acid groups (broad SMARTS) is 1. The lowest BCUT2D eigenvalue weighted by Gasteiger charge is -2.54. The van der Waals surface area contributed by atoms with Gasteiger partial charge in [-0.2, -0.15) is 0 Å². The molecule has 1 aliphatic carbocycles. The normalized spacial score (nSPS) is 23.4. The van der Waals surface area contributed by atoms with Gasteiger partial charge >= 0.3 is 5.97 Å². The number of hydrogen-bond acceptors (Lipinski definition) is 4. The van der Waals surface area contributed by atoms with E-state index in [9.17, 15) is 9.59 Å². The molecule has 0 bridgehead atoms. The molecule has 2 rings (SSSR count). The molecule has 116 valence electrons. The van der Waals surface area contributed by atoms with Gasteiger partial charge in [0.25, 0.3) is 5.91 Å². The number of rotatable bonds is 6. The van der Waals surface area contributed by atoms with Gasteiger partial charge in [-0.3, -0.25) is 4.79 Å². The van der Waals surface area contributed by atoms with E-state index in [1.807, 2.05) is 0 Å². The summed E-state index contributed by atoms with van der Waals surface area (Å²) >= 11 is 0. The molecule has 1 aromatic rings. The molecule has 21 heavy (non-hydrogen) atoms. The summed E-state index contributed by atoms with van der Waals surface area (Å²) in [6, 6.07) is 1.26. The SMILES string of the molecule is CCC1(CC)C(NC(=O)c2cc(C(=O)O)co2)CC1OC. The lowest BCUT2D eigenvalue weighted by atomic mass is 9.58. The van der Waals surface area contributed by atoms with Crippen molar-refractivity contribution in [2.75, 3.05) is 7.11 Å². The van der Waals surface area contributed by atoms with Gasteiger partial charge in [0.15, 0.2) is 5.76 Å². The Morgan fingerprint density at radius 1 is 1.48 bits per heavy atom. The zero-order valence-electron chi connectivity index (χ0n) is 12.5. The van der Waals surface area contributed by atoms with Gasteiger partial charge in [0.1, 0.15) is 6.26 Å². The maximum atomic E-state index is 12.2. The number of carbonyl (C=O) groups is 2. The van der Waals surface area contributed by atoms with Crippen molar-refractivity contribution < 1.29 is 23.8 Å². The van der Waals surface area contributed by atoms with Gasteiger partial charge in [0.05, 0.1) is 11.7 Å². The van der Waals surface area contributed by atoms with Crippen molar-refractivity contribution in [2.45, 2.75) is 45.3 Å². The molecule has 1 heterocycles. The Kier molecular flexibility index (Phi) is 4.37. The van der Waals surface area contributed by atoms with Crippen LogP contribution in [0.4, 0.5) is 0 Å². The van der Waals surface area contributed by atoms with Gasteiger partial charge in [-0.1, -0.05) is 13.8 Å². The van der Waals surface area contributed by atoms with Gasteiger partial charge in [-0.15, -0.1) is 0 Å². The van der Waals surface area contributed by atoms with Crippen molar-refractivity contribution in [1.29, 1.82) is 0 Å². The zero-order chi connectivity index (χ0) is 15.6. The molecule has 1 saturated carbocycles. The third-order valence-electron chi connectivity index (χ3n) is 4.76. The largest absolute Gasteiger partial charge is 0.478 e. The van der Waals surface area contributed by atoms with Crippen LogP contribution in [0.5, 0.6) is 0 Å². The Balaban J connectivity index is 2.07. The third-order valence-corrected chi connectivity index (χ3v) is 4.76. The smallest absolute Gasteiger partial charge is 0.338 e. The molecule has 1 amide bonds. The van der Waals surface area contributed by atoms with E-state index >= 15 is 0 Å². The number of methoxy groups -OCH3 is 1. The molecule has 2 N–H and O–H groups in total. The number of nitrogens with one attached hydrogen (secondary N) is 1. The highest BCUT2D eigenvalue weighted by Crippen LogP contribution is 2.48. The molecular formula is C15H21NO5. The number of hydrogen-bond donors (Lipinski definition) is 2. The Hall–Kier alpha value is -1.82. The monoisotopic (exact) mass is 295 g/mol. The Labute approximate surface area is 123 Å². The van der Waals surface area contributed by atoms with Crippen molar-refractivity contribution >= 4 is 11.9 Å². The van der Waals surface area contributed by atoms with Crippen LogP contribution >= 0.6 is 0 Å². The van der Waals surface area contributed by atoms with Crippen molar-refractivity contribution in [2.24, 2.45) is 5.41 Å². The highest BCUT2D eigenvalue weighted by molar-refractivity contribution is 5.95. The van der Waals surface area contributed by atoms with Crippen molar-refractivity contribution in [3.05, 3.63) is 23.7 Å². The van der Waals surface area contributed by atoms with E-state index in [1.165, 1.54) is 6.07 Å². The van der Waals surface area contributed by atoms with E-state index in [2.05, 4.69) is 19.2 Å². The first kappa shape index (κ1) is 15.6. The van der Waals surface area contributed by atoms with E-state index in [-0.39, 0.29) is 34.8 Å². The van der Waals surface area contributed by atoms with Crippen molar-refractivity contribution in [1.82, 2.24) is 5.32 Å². The van der Waals surface area contributed by atoms with Gasteiger partial charge in [-0.05, 0) is 19.3 Å². The summed E-state index contributed by atoms with van der Waals surface area (Å²) in [5, 5.41) is 11.8. The van der Waals surface area contributed by atoms with Gasteiger partial charge < -0.3 is 19.6 Å². The summed E-state index contributed by atoms with van der Waals surface area (Å²) < 4.78 is 10.5. The molecule has 0 aliphatic heterocycles. The molecule has 2 unspecified atom stereocenters. The van der Waals surface area contributed by atoms with Crippen molar-refractivity contribution in [3.63, 3.8) is 0 Å². The fourth-order valence-corrected chi connectivity index (χ4v) is 3.28. The lowest BCUT2D eigenvalue weighted by Crippen LogP contribution is -2.64. The number of aromatic carboxylic acids is 1. The molecule has 1 fully saturated rings. The maximum Gasteiger partial charge on any atom is 0.338 e. The van der Waals surface area contributed by atoms with Crippen LogP contribution in [0.25, 0.3) is 0 Å². The number of ether oxygens (including phenoxy) is 1. The van der Waals surface area contributed by atoms with Gasteiger partial charge in [0, 0.05) is 24.6 Å². The number of carbonyl (C=O) groups excluding carboxylic acids is 1. The fourth-order valence-electron chi connectivity index (χ4n) is 3.28. The van der Waals surface area contributed by atoms with Crippen LogP contribution in [0, 0.1) is 5.41 Å². The summed E-state index contributed by atoms with van der Waals surface area (Å²) in [6.07, 6.45) is 3.79. The molecule has 0 spiro atoms. The first-order chi connectivity index (χ1) is 9.98. The minimum atomic E-state index is -1.11. The molecule has 2 atom stereocenters. The summed E-state index contributed by atoms with van der Waals surface area (Å²) in [7, 11) is 1.69. The summed E-state index contributed by atoms with van der Waals surface area (Å²) in [4.78, 5) is 23.0.